The van der Waals surface area contributed by atoms with E-state index in [1.165, 1.54) is 0 Å². The highest BCUT2D eigenvalue weighted by molar-refractivity contribution is 5.90. The molecule has 86 valence electrons. The van der Waals surface area contributed by atoms with E-state index >= 15 is 0 Å². The first-order chi connectivity index (χ1) is 7.74. The van der Waals surface area contributed by atoms with Crippen molar-refractivity contribution in [3.8, 4) is 5.75 Å². The summed E-state index contributed by atoms with van der Waals surface area (Å²) in [6.07, 6.45) is 1.65. The molecule has 0 aliphatic carbocycles. The van der Waals surface area contributed by atoms with Crippen molar-refractivity contribution in [2.75, 3.05) is 6.61 Å². The number of amides is 1. The maximum absolute atomic E-state index is 10.7. The lowest BCUT2D eigenvalue weighted by molar-refractivity contribution is -0.126. The first-order valence-electron chi connectivity index (χ1n) is 5.16. The summed E-state index contributed by atoms with van der Waals surface area (Å²) < 4.78 is 5.41. The third-order valence-electron chi connectivity index (χ3n) is 2.20. The minimum atomic E-state index is -0.695. The number of benzene rings is 1. The third kappa shape index (κ3) is 4.13. The van der Waals surface area contributed by atoms with Gasteiger partial charge in [0.25, 0.3) is 0 Å². The molecule has 0 bridgehead atoms. The van der Waals surface area contributed by atoms with Crippen molar-refractivity contribution in [3.63, 3.8) is 0 Å². The van der Waals surface area contributed by atoms with Crippen LogP contribution in [0, 0.1) is 5.92 Å². The van der Waals surface area contributed by atoms with E-state index in [1.807, 2.05) is 30.3 Å². The van der Waals surface area contributed by atoms with Gasteiger partial charge in [-0.15, -0.1) is 0 Å². The summed E-state index contributed by atoms with van der Waals surface area (Å²) in [6, 6.07) is 9.37. The summed E-state index contributed by atoms with van der Waals surface area (Å²) in [7, 11) is 0. The first kappa shape index (κ1) is 12.2. The summed E-state index contributed by atoms with van der Waals surface area (Å²) in [6.45, 7) is 0.474. The average molecular weight is 221 g/mol. The van der Waals surface area contributed by atoms with Crippen molar-refractivity contribution in [3.05, 3.63) is 30.3 Å². The maximum Gasteiger partial charge on any atom is 0.227 e. The molecule has 1 aromatic carbocycles. The lowest BCUT2D eigenvalue weighted by Crippen LogP contribution is -2.24. The van der Waals surface area contributed by atoms with Crippen LogP contribution in [0.3, 0.4) is 0 Å². The van der Waals surface area contributed by atoms with Gasteiger partial charge < -0.3 is 15.3 Å². The normalized spacial score (nSPS) is 11.8. The van der Waals surface area contributed by atoms with Crippen molar-refractivity contribution in [1.29, 1.82) is 0 Å². The topological polar surface area (TPSA) is 69.4 Å². The van der Waals surface area contributed by atoms with Crippen LogP contribution in [0.1, 0.15) is 12.8 Å². The Morgan fingerprint density at radius 1 is 1.38 bits per heavy atom. The minimum Gasteiger partial charge on any atom is -0.494 e. The highest BCUT2D eigenvalue weighted by Gasteiger charge is 2.12. The molecule has 0 spiro atoms. The van der Waals surface area contributed by atoms with Gasteiger partial charge in [0, 0.05) is 0 Å². The van der Waals surface area contributed by atoms with Crippen LogP contribution in [0.4, 0.5) is 0 Å². The molecule has 1 atom stereocenters. The quantitative estimate of drug-likeness (QED) is 0.426. The Bertz CT molecular complexity index is 337. The molecule has 1 unspecified atom stereocenters. The van der Waals surface area contributed by atoms with Gasteiger partial charge in [0.2, 0.25) is 5.91 Å². The number of nitrogens with two attached hydrogens (primary N) is 1. The highest BCUT2D eigenvalue weighted by Crippen LogP contribution is 2.10. The second-order valence-corrected chi connectivity index (χ2v) is 3.45. The Balaban J connectivity index is 2.21. The zero-order chi connectivity index (χ0) is 11.8. The molecular weight excluding hydrogens is 206 g/mol. The van der Waals surface area contributed by atoms with Crippen LogP contribution in [-0.2, 0) is 9.59 Å². The second-order valence-electron chi connectivity index (χ2n) is 3.45. The fourth-order valence-corrected chi connectivity index (χ4v) is 1.29. The summed E-state index contributed by atoms with van der Waals surface area (Å²) in [5.74, 6) is -0.488. The molecule has 0 aromatic heterocycles. The van der Waals surface area contributed by atoms with E-state index in [4.69, 9.17) is 10.5 Å². The van der Waals surface area contributed by atoms with E-state index in [-0.39, 0.29) is 0 Å². The van der Waals surface area contributed by atoms with Crippen LogP contribution >= 0.6 is 0 Å². The molecule has 1 amide bonds. The number of carbonyl (C=O) groups excluding carboxylic acids is 2. The summed E-state index contributed by atoms with van der Waals surface area (Å²) >= 11 is 0. The van der Waals surface area contributed by atoms with Gasteiger partial charge in [-0.05, 0) is 25.0 Å². The van der Waals surface area contributed by atoms with Gasteiger partial charge in [-0.2, -0.15) is 0 Å². The van der Waals surface area contributed by atoms with Gasteiger partial charge in [0.15, 0.2) is 0 Å². The molecule has 0 saturated carbocycles. The summed E-state index contributed by atoms with van der Waals surface area (Å²) in [5, 5.41) is 0. The SMILES string of the molecule is NC(=O)C(C=O)CCCOc1ccccc1. The Morgan fingerprint density at radius 3 is 2.62 bits per heavy atom. The molecule has 0 saturated heterocycles. The van der Waals surface area contributed by atoms with Crippen LogP contribution in [0.15, 0.2) is 30.3 Å². The molecule has 0 heterocycles. The minimum absolute atomic E-state index is 0.436. The Hall–Kier alpha value is -1.84. The van der Waals surface area contributed by atoms with Crippen LogP contribution in [0.5, 0.6) is 5.75 Å². The Labute approximate surface area is 94.4 Å². The van der Waals surface area contributed by atoms with Crippen LogP contribution < -0.4 is 10.5 Å². The Kier molecular flexibility index (Phi) is 5.05. The first-order valence-corrected chi connectivity index (χ1v) is 5.16. The predicted molar refractivity (Wildman–Crippen MR) is 59.9 cm³/mol. The molecule has 16 heavy (non-hydrogen) atoms. The summed E-state index contributed by atoms with van der Waals surface area (Å²) in [5.41, 5.74) is 5.03. The number of rotatable bonds is 7. The molecule has 0 radical (unpaired) electrons. The monoisotopic (exact) mass is 221 g/mol. The number of aldehydes is 1. The fourth-order valence-electron chi connectivity index (χ4n) is 1.29. The second kappa shape index (κ2) is 6.61. The number of hydrogen-bond acceptors (Lipinski definition) is 3. The van der Waals surface area contributed by atoms with Gasteiger partial charge in [0.1, 0.15) is 12.0 Å². The van der Waals surface area contributed by atoms with E-state index in [2.05, 4.69) is 0 Å². The van der Waals surface area contributed by atoms with E-state index in [0.717, 1.165) is 5.75 Å². The predicted octanol–water partition coefficient (Wildman–Crippen LogP) is 1.15. The van der Waals surface area contributed by atoms with E-state index < -0.39 is 11.8 Å². The smallest absolute Gasteiger partial charge is 0.227 e. The largest absolute Gasteiger partial charge is 0.494 e. The molecule has 4 heteroatoms. The van der Waals surface area contributed by atoms with E-state index in [9.17, 15) is 9.59 Å². The van der Waals surface area contributed by atoms with Crippen LogP contribution in [0.2, 0.25) is 0 Å². The molecule has 1 aromatic rings. The van der Waals surface area contributed by atoms with Gasteiger partial charge >= 0.3 is 0 Å². The number of carbonyl (C=O) groups is 2. The average Bonchev–Trinajstić information content (AvgIpc) is 2.30. The molecule has 1 rings (SSSR count). The van der Waals surface area contributed by atoms with Crippen molar-refractivity contribution in [2.45, 2.75) is 12.8 Å². The van der Waals surface area contributed by atoms with Crippen molar-refractivity contribution in [2.24, 2.45) is 11.7 Å². The van der Waals surface area contributed by atoms with Gasteiger partial charge in [0.05, 0.1) is 12.5 Å². The van der Waals surface area contributed by atoms with Gasteiger partial charge in [-0.1, -0.05) is 18.2 Å². The number of para-hydroxylation sites is 1. The third-order valence-corrected chi connectivity index (χ3v) is 2.20. The van der Waals surface area contributed by atoms with Crippen LogP contribution in [-0.4, -0.2) is 18.8 Å². The zero-order valence-corrected chi connectivity index (χ0v) is 8.96. The lowest BCUT2D eigenvalue weighted by atomic mass is 10.1. The number of ether oxygens (including phenoxy) is 1. The number of primary amides is 1. The Morgan fingerprint density at radius 2 is 2.06 bits per heavy atom. The standard InChI is InChI=1S/C12H15NO3/c13-12(15)10(9-14)5-4-8-16-11-6-2-1-3-7-11/h1-3,6-7,9-10H,4-5,8H2,(H2,13,15). The number of hydrogen-bond donors (Lipinski definition) is 1. The molecule has 2 N–H and O–H groups in total. The maximum atomic E-state index is 10.7. The summed E-state index contributed by atoms with van der Waals surface area (Å²) in [4.78, 5) is 21.2. The molecular formula is C12H15NO3. The molecule has 0 fully saturated rings. The molecule has 0 aliphatic heterocycles. The van der Waals surface area contributed by atoms with Gasteiger partial charge in [-0.25, -0.2) is 0 Å². The van der Waals surface area contributed by atoms with Crippen molar-refractivity contribution < 1.29 is 14.3 Å². The highest BCUT2D eigenvalue weighted by atomic mass is 16.5. The van der Waals surface area contributed by atoms with Crippen molar-refractivity contribution >= 4 is 12.2 Å². The van der Waals surface area contributed by atoms with Gasteiger partial charge in [-0.3, -0.25) is 4.79 Å². The lowest BCUT2D eigenvalue weighted by Gasteiger charge is -2.07. The fraction of sp³-hybridized carbons (Fsp3) is 0.333. The molecule has 0 aliphatic rings. The zero-order valence-electron chi connectivity index (χ0n) is 8.96. The van der Waals surface area contributed by atoms with E-state index in [0.29, 0.717) is 25.7 Å². The van der Waals surface area contributed by atoms with Crippen molar-refractivity contribution in [1.82, 2.24) is 0 Å². The van der Waals surface area contributed by atoms with E-state index in [1.54, 1.807) is 0 Å². The van der Waals surface area contributed by atoms with Crippen LogP contribution in [0.25, 0.3) is 0 Å². The molecule has 4 nitrogen and oxygen atoms in total.